The molecule has 1 aromatic carbocycles. The highest BCUT2D eigenvalue weighted by atomic mass is 16.2. The van der Waals surface area contributed by atoms with E-state index in [9.17, 15) is 14.4 Å². The zero-order valence-electron chi connectivity index (χ0n) is 13.0. The number of carbonyl (C=O) groups excluding carboxylic acids is 3. The molecule has 1 aromatic rings. The van der Waals surface area contributed by atoms with E-state index in [1.807, 2.05) is 12.1 Å². The molecule has 3 aliphatic rings. The Morgan fingerprint density at radius 3 is 2.87 bits per heavy atom. The van der Waals surface area contributed by atoms with Gasteiger partial charge in [0.2, 0.25) is 17.7 Å². The number of likely N-dealkylation sites (tertiary alicyclic amines) is 1. The molecule has 1 spiro atoms. The minimum absolute atomic E-state index is 0.102. The Balaban J connectivity index is 1.55. The molecule has 2 unspecified atom stereocenters. The molecule has 23 heavy (non-hydrogen) atoms. The minimum Gasteiger partial charge on any atom is -0.341 e. The number of nitrogens with zero attached hydrogens (tertiary/aromatic N) is 1. The third-order valence-electron chi connectivity index (χ3n) is 5.57. The van der Waals surface area contributed by atoms with Crippen molar-refractivity contribution in [1.29, 1.82) is 0 Å². The summed E-state index contributed by atoms with van der Waals surface area (Å²) in [7, 11) is 0. The number of hydrogen-bond acceptors (Lipinski definition) is 3. The number of amides is 3. The van der Waals surface area contributed by atoms with Crippen molar-refractivity contribution >= 4 is 17.7 Å². The van der Waals surface area contributed by atoms with E-state index in [0.29, 0.717) is 19.5 Å². The standard InChI is InChI=1S/C18H20N2O3/c21-15-10-18(17(23)19-15)8-9-20(11-18)16(22)14-7-3-5-12-4-1-2-6-13(12)14/h1-2,4,6,14H,3,5,7-11H2,(H,19,21,23). The van der Waals surface area contributed by atoms with Crippen LogP contribution in [0.4, 0.5) is 0 Å². The fraction of sp³-hybridized carbons (Fsp3) is 0.500. The number of aryl methyl sites for hydroxylation is 1. The lowest BCUT2D eigenvalue weighted by Crippen LogP contribution is -2.39. The molecule has 2 aliphatic heterocycles. The molecule has 5 nitrogen and oxygen atoms in total. The van der Waals surface area contributed by atoms with Crippen molar-refractivity contribution in [3.8, 4) is 0 Å². The van der Waals surface area contributed by atoms with Gasteiger partial charge in [-0.2, -0.15) is 0 Å². The number of hydrogen-bond donors (Lipinski definition) is 1. The number of carbonyl (C=O) groups is 3. The molecule has 4 rings (SSSR count). The van der Waals surface area contributed by atoms with Crippen LogP contribution in [0.5, 0.6) is 0 Å². The first-order valence-electron chi connectivity index (χ1n) is 8.30. The number of imide groups is 1. The van der Waals surface area contributed by atoms with Gasteiger partial charge < -0.3 is 4.90 Å². The molecule has 2 fully saturated rings. The molecule has 2 heterocycles. The summed E-state index contributed by atoms with van der Waals surface area (Å²) in [5.74, 6) is -0.411. The maximum absolute atomic E-state index is 13.0. The number of rotatable bonds is 1. The minimum atomic E-state index is -0.680. The molecule has 2 saturated heterocycles. The topological polar surface area (TPSA) is 66.5 Å². The number of nitrogens with one attached hydrogen (secondary N) is 1. The second kappa shape index (κ2) is 5.18. The summed E-state index contributed by atoms with van der Waals surface area (Å²) >= 11 is 0. The van der Waals surface area contributed by atoms with Crippen LogP contribution in [0.25, 0.3) is 0 Å². The van der Waals surface area contributed by atoms with Crippen molar-refractivity contribution in [2.75, 3.05) is 13.1 Å². The van der Waals surface area contributed by atoms with Crippen molar-refractivity contribution in [1.82, 2.24) is 10.2 Å². The molecular formula is C18H20N2O3. The monoisotopic (exact) mass is 312 g/mol. The van der Waals surface area contributed by atoms with Crippen LogP contribution in [-0.2, 0) is 20.8 Å². The van der Waals surface area contributed by atoms with Crippen LogP contribution in [0, 0.1) is 5.41 Å². The van der Waals surface area contributed by atoms with E-state index in [1.54, 1.807) is 4.90 Å². The zero-order chi connectivity index (χ0) is 16.0. The van der Waals surface area contributed by atoms with Crippen LogP contribution >= 0.6 is 0 Å². The number of benzene rings is 1. The first-order valence-corrected chi connectivity index (χ1v) is 8.30. The van der Waals surface area contributed by atoms with Crippen LogP contribution in [0.1, 0.15) is 42.7 Å². The van der Waals surface area contributed by atoms with Gasteiger partial charge in [0.1, 0.15) is 0 Å². The third-order valence-corrected chi connectivity index (χ3v) is 5.57. The Kier molecular flexibility index (Phi) is 3.25. The highest BCUT2D eigenvalue weighted by molar-refractivity contribution is 6.06. The Bertz CT molecular complexity index is 699. The van der Waals surface area contributed by atoms with Gasteiger partial charge in [0, 0.05) is 19.5 Å². The van der Waals surface area contributed by atoms with Gasteiger partial charge in [0.15, 0.2) is 0 Å². The summed E-state index contributed by atoms with van der Waals surface area (Å²) in [6.45, 7) is 0.945. The summed E-state index contributed by atoms with van der Waals surface area (Å²) in [6.07, 6.45) is 3.72. The zero-order valence-corrected chi connectivity index (χ0v) is 13.0. The molecule has 1 aliphatic carbocycles. The van der Waals surface area contributed by atoms with Crippen LogP contribution < -0.4 is 5.32 Å². The number of fused-ring (bicyclic) bond motifs is 1. The van der Waals surface area contributed by atoms with E-state index in [-0.39, 0.29) is 30.1 Å². The van der Waals surface area contributed by atoms with E-state index in [4.69, 9.17) is 0 Å². The van der Waals surface area contributed by atoms with Gasteiger partial charge in [-0.05, 0) is 36.8 Å². The van der Waals surface area contributed by atoms with Gasteiger partial charge in [0.05, 0.1) is 11.3 Å². The Morgan fingerprint density at radius 2 is 2.09 bits per heavy atom. The van der Waals surface area contributed by atoms with Crippen molar-refractivity contribution in [2.45, 2.75) is 38.0 Å². The van der Waals surface area contributed by atoms with Crippen molar-refractivity contribution < 1.29 is 14.4 Å². The first kappa shape index (κ1) is 14.4. The van der Waals surface area contributed by atoms with E-state index >= 15 is 0 Å². The molecule has 0 aromatic heterocycles. The molecule has 0 saturated carbocycles. The summed E-state index contributed by atoms with van der Waals surface area (Å²) in [5.41, 5.74) is 1.72. The fourth-order valence-corrected chi connectivity index (χ4v) is 4.31. The predicted molar refractivity (Wildman–Crippen MR) is 83.5 cm³/mol. The fourth-order valence-electron chi connectivity index (χ4n) is 4.31. The Morgan fingerprint density at radius 1 is 1.26 bits per heavy atom. The summed E-state index contributed by atoms with van der Waals surface area (Å²) in [6, 6.07) is 8.15. The van der Waals surface area contributed by atoms with E-state index < -0.39 is 5.41 Å². The van der Waals surface area contributed by atoms with Gasteiger partial charge in [0.25, 0.3) is 0 Å². The average Bonchev–Trinajstić information content (AvgIpc) is 3.10. The highest BCUT2D eigenvalue weighted by Gasteiger charge is 2.52. The molecular weight excluding hydrogens is 292 g/mol. The van der Waals surface area contributed by atoms with E-state index in [1.165, 1.54) is 5.56 Å². The lowest BCUT2D eigenvalue weighted by molar-refractivity contribution is -0.133. The second-order valence-corrected chi connectivity index (χ2v) is 6.99. The quantitative estimate of drug-likeness (QED) is 0.797. The van der Waals surface area contributed by atoms with Gasteiger partial charge in [-0.25, -0.2) is 0 Å². The molecule has 0 bridgehead atoms. The predicted octanol–water partition coefficient (Wildman–Crippen LogP) is 1.37. The summed E-state index contributed by atoms with van der Waals surface area (Å²) in [4.78, 5) is 38.4. The van der Waals surface area contributed by atoms with Crippen LogP contribution in [0.3, 0.4) is 0 Å². The maximum Gasteiger partial charge on any atom is 0.235 e. The molecule has 5 heteroatoms. The van der Waals surface area contributed by atoms with Gasteiger partial charge >= 0.3 is 0 Å². The summed E-state index contributed by atoms with van der Waals surface area (Å²) < 4.78 is 0. The first-order chi connectivity index (χ1) is 11.1. The molecule has 1 N–H and O–H groups in total. The van der Waals surface area contributed by atoms with Gasteiger partial charge in [-0.15, -0.1) is 0 Å². The molecule has 2 atom stereocenters. The highest BCUT2D eigenvalue weighted by Crippen LogP contribution is 2.40. The van der Waals surface area contributed by atoms with Gasteiger partial charge in [-0.3, -0.25) is 19.7 Å². The largest absolute Gasteiger partial charge is 0.341 e. The maximum atomic E-state index is 13.0. The SMILES string of the molecule is O=C1CC2(CCN(C(=O)C3CCCc4ccccc43)C2)C(=O)N1. The van der Waals surface area contributed by atoms with Crippen molar-refractivity contribution in [3.63, 3.8) is 0 Å². The normalized spacial score (nSPS) is 29.7. The molecule has 3 amide bonds. The van der Waals surface area contributed by atoms with Crippen molar-refractivity contribution in [2.24, 2.45) is 5.41 Å². The third kappa shape index (κ3) is 2.26. The summed E-state index contributed by atoms with van der Waals surface area (Å²) in [5, 5.41) is 2.39. The van der Waals surface area contributed by atoms with Crippen LogP contribution in [0.2, 0.25) is 0 Å². The Hall–Kier alpha value is -2.17. The average molecular weight is 312 g/mol. The van der Waals surface area contributed by atoms with Gasteiger partial charge in [-0.1, -0.05) is 24.3 Å². The lowest BCUT2D eigenvalue weighted by Gasteiger charge is -2.29. The lowest BCUT2D eigenvalue weighted by atomic mass is 9.82. The van der Waals surface area contributed by atoms with Crippen LogP contribution in [0.15, 0.2) is 24.3 Å². The second-order valence-electron chi connectivity index (χ2n) is 6.99. The molecule has 120 valence electrons. The Labute approximate surface area is 135 Å². The van der Waals surface area contributed by atoms with E-state index in [0.717, 1.165) is 24.8 Å². The van der Waals surface area contributed by atoms with E-state index in [2.05, 4.69) is 17.4 Å². The van der Waals surface area contributed by atoms with Crippen molar-refractivity contribution in [3.05, 3.63) is 35.4 Å². The smallest absolute Gasteiger partial charge is 0.235 e. The van der Waals surface area contributed by atoms with Crippen LogP contribution in [-0.4, -0.2) is 35.7 Å². The molecule has 0 radical (unpaired) electrons.